The molecule has 1 aliphatic heterocycles. The number of benzene rings is 4. The van der Waals surface area contributed by atoms with Gasteiger partial charge in [-0.15, -0.1) is 0 Å². The molecule has 1 atom stereocenters. The zero-order valence-corrected chi connectivity index (χ0v) is 24.9. The molecule has 0 fully saturated rings. The molecule has 0 aromatic heterocycles. The van der Waals surface area contributed by atoms with Crippen molar-refractivity contribution in [2.45, 2.75) is 39.3 Å². The van der Waals surface area contributed by atoms with Crippen LogP contribution < -0.4 is 14.8 Å². The molecule has 1 heterocycles. The number of aryl methyl sites for hydroxylation is 1. The number of carbonyl (C=O) groups is 2. The highest BCUT2D eigenvalue weighted by molar-refractivity contribution is 6.27. The van der Waals surface area contributed by atoms with Crippen molar-refractivity contribution < 1.29 is 29.3 Å². The number of rotatable bonds is 7. The number of nitrogens with one attached hydrogen (secondary N) is 1. The van der Waals surface area contributed by atoms with Gasteiger partial charge >= 0.3 is 0 Å². The fourth-order valence-electron chi connectivity index (χ4n) is 6.04. The fraction of sp³-hybridized carbons (Fsp3) is 0.194. The Bertz CT molecular complexity index is 1940. The van der Waals surface area contributed by atoms with Crippen molar-refractivity contribution in [2.24, 2.45) is 4.99 Å². The van der Waals surface area contributed by atoms with Crippen molar-refractivity contribution in [2.75, 3.05) is 7.11 Å². The molecule has 1 amide bonds. The lowest BCUT2D eigenvalue weighted by atomic mass is 9.71. The van der Waals surface area contributed by atoms with Crippen LogP contribution >= 0.6 is 0 Å². The quantitative estimate of drug-likeness (QED) is 0.216. The summed E-state index contributed by atoms with van der Waals surface area (Å²) in [5.74, 6) is -1.38. The summed E-state index contributed by atoms with van der Waals surface area (Å²) in [6, 6.07) is 22.9. The van der Waals surface area contributed by atoms with Crippen LogP contribution in [0.15, 0.2) is 101 Å². The Morgan fingerprint density at radius 3 is 2.52 bits per heavy atom. The summed E-state index contributed by atoms with van der Waals surface area (Å²) in [5.41, 5.74) is 1.96. The van der Waals surface area contributed by atoms with Crippen molar-refractivity contribution in [1.82, 2.24) is 5.32 Å². The first-order chi connectivity index (χ1) is 21.1. The minimum absolute atomic E-state index is 0.00372. The topological polar surface area (TPSA) is 117 Å². The molecule has 3 N–H and O–H groups in total. The molecule has 2 aliphatic rings. The molecule has 0 spiro atoms. The number of allylic oxidation sites excluding steroid dienone is 3. The van der Waals surface area contributed by atoms with Gasteiger partial charge in [0.1, 0.15) is 34.0 Å². The summed E-state index contributed by atoms with van der Waals surface area (Å²) in [4.78, 5) is 32.5. The number of ether oxygens (including phenoxy) is 2. The van der Waals surface area contributed by atoms with Crippen LogP contribution in [0.1, 0.15) is 46.5 Å². The fourth-order valence-corrected chi connectivity index (χ4v) is 6.04. The minimum atomic E-state index is -1.52. The Kier molecular flexibility index (Phi) is 7.21. The molecule has 4 aromatic rings. The number of phenols is 1. The second-order valence-electron chi connectivity index (χ2n) is 11.2. The maximum Gasteiger partial charge on any atom is 0.259 e. The van der Waals surface area contributed by atoms with Crippen LogP contribution in [-0.2, 0) is 23.3 Å². The number of carbonyl (C=O) groups excluding carboxylic acids is 2. The van der Waals surface area contributed by atoms with Crippen LogP contribution in [0.5, 0.6) is 17.2 Å². The first-order valence-corrected chi connectivity index (χ1v) is 14.3. The molecule has 222 valence electrons. The van der Waals surface area contributed by atoms with Crippen molar-refractivity contribution in [3.05, 3.63) is 124 Å². The molecule has 1 aliphatic carbocycles. The molecular weight excluding hydrogens is 556 g/mol. The van der Waals surface area contributed by atoms with Crippen LogP contribution in [0.2, 0.25) is 0 Å². The van der Waals surface area contributed by atoms with Gasteiger partial charge in [-0.2, -0.15) is 0 Å². The van der Waals surface area contributed by atoms with Gasteiger partial charge in [0.2, 0.25) is 0 Å². The van der Waals surface area contributed by atoms with Crippen LogP contribution in [0.3, 0.4) is 0 Å². The van der Waals surface area contributed by atoms with Crippen molar-refractivity contribution in [3.8, 4) is 17.2 Å². The zero-order valence-electron chi connectivity index (χ0n) is 24.9. The normalized spacial score (nSPS) is 17.6. The smallest absolute Gasteiger partial charge is 0.259 e. The van der Waals surface area contributed by atoms with E-state index in [1.807, 2.05) is 73.7 Å². The second-order valence-corrected chi connectivity index (χ2v) is 11.2. The van der Waals surface area contributed by atoms with E-state index in [9.17, 15) is 19.8 Å². The molecule has 8 heteroatoms. The van der Waals surface area contributed by atoms with Crippen molar-refractivity contribution >= 4 is 28.2 Å². The van der Waals surface area contributed by atoms with E-state index in [0.29, 0.717) is 12.3 Å². The Morgan fingerprint density at radius 1 is 1.05 bits per heavy atom. The number of amides is 1. The predicted octanol–water partition coefficient (Wildman–Crippen LogP) is 6.38. The average molecular weight is 589 g/mol. The van der Waals surface area contributed by atoms with E-state index in [-0.39, 0.29) is 52.0 Å². The number of fused-ring (bicyclic) bond motifs is 4. The third-order valence-corrected chi connectivity index (χ3v) is 8.49. The van der Waals surface area contributed by atoms with Gasteiger partial charge in [0.05, 0.1) is 24.8 Å². The van der Waals surface area contributed by atoms with Crippen LogP contribution in [0, 0.1) is 6.92 Å². The highest BCUT2D eigenvalue weighted by atomic mass is 16.5. The summed E-state index contributed by atoms with van der Waals surface area (Å²) >= 11 is 0. The lowest BCUT2D eigenvalue weighted by molar-refractivity contribution is -0.119. The lowest BCUT2D eigenvalue weighted by Gasteiger charge is -2.28. The number of ketones is 1. The van der Waals surface area contributed by atoms with Gasteiger partial charge in [-0.05, 0) is 48.2 Å². The second kappa shape index (κ2) is 11.0. The van der Waals surface area contributed by atoms with Gasteiger partial charge in [-0.25, -0.2) is 0 Å². The molecular formula is C36H32N2O6. The number of aliphatic hydroxyl groups excluding tert-OH is 1. The van der Waals surface area contributed by atoms with Crippen molar-refractivity contribution in [1.29, 1.82) is 0 Å². The number of aliphatic imine (C=N–C) groups is 1. The monoisotopic (exact) mass is 588 g/mol. The first kappa shape index (κ1) is 28.7. The number of hydrogen-bond donors (Lipinski definition) is 3. The zero-order chi connectivity index (χ0) is 31.2. The average Bonchev–Trinajstić information content (AvgIpc) is 3.33. The van der Waals surface area contributed by atoms with Crippen LogP contribution in [0.25, 0.3) is 10.8 Å². The Morgan fingerprint density at radius 2 is 1.77 bits per heavy atom. The van der Waals surface area contributed by atoms with Gasteiger partial charge in [0.25, 0.3) is 5.91 Å². The van der Waals surface area contributed by atoms with E-state index in [1.165, 1.54) is 19.3 Å². The molecule has 6 rings (SSSR count). The number of aliphatic hydroxyl groups is 1. The molecule has 0 radical (unpaired) electrons. The third-order valence-electron chi connectivity index (χ3n) is 8.49. The molecule has 44 heavy (non-hydrogen) atoms. The summed E-state index contributed by atoms with van der Waals surface area (Å²) in [7, 11) is 1.39. The van der Waals surface area contributed by atoms with Gasteiger partial charge in [-0.3, -0.25) is 14.6 Å². The standard InChI is InChI=1S/C36H32N2O6/c1-20-14-15-23-12-8-9-13-24(23)25(20)19-38-35(42)31-28(43-4)16-27(40)32-33(31)44-29-17-26(39)30(34(41)36(29,32)3)21(2)37-18-22-10-6-5-7-11-22/h5-17,39-40H,18-19H2,1-4H3,(H,38,42)/t36-/m1/s1. The molecule has 0 bridgehead atoms. The predicted molar refractivity (Wildman–Crippen MR) is 168 cm³/mol. The van der Waals surface area contributed by atoms with Gasteiger partial charge in [0.15, 0.2) is 11.5 Å². The van der Waals surface area contributed by atoms with Gasteiger partial charge in [-0.1, -0.05) is 66.7 Å². The number of Topliss-reactive ketones (excluding diaryl/α,β-unsaturated/α-hetero) is 1. The summed E-state index contributed by atoms with van der Waals surface area (Å²) in [6.07, 6.45) is 1.35. The third kappa shape index (κ3) is 4.59. The van der Waals surface area contributed by atoms with E-state index in [0.717, 1.165) is 27.5 Å². The molecule has 0 saturated heterocycles. The Labute approximate surface area is 255 Å². The number of methoxy groups -OCH3 is 1. The summed E-state index contributed by atoms with van der Waals surface area (Å²) in [5, 5.41) is 27.2. The highest BCUT2D eigenvalue weighted by Gasteiger charge is 2.55. The minimum Gasteiger partial charge on any atom is -0.507 e. The number of aromatic hydroxyl groups is 1. The van der Waals surface area contributed by atoms with Gasteiger partial charge < -0.3 is 25.0 Å². The Hall–Kier alpha value is -5.37. The molecule has 4 aromatic carbocycles. The van der Waals surface area contributed by atoms with E-state index < -0.39 is 17.1 Å². The molecule has 0 unspecified atom stereocenters. The summed E-state index contributed by atoms with van der Waals surface area (Å²) < 4.78 is 11.6. The van der Waals surface area contributed by atoms with E-state index in [4.69, 9.17) is 9.47 Å². The largest absolute Gasteiger partial charge is 0.507 e. The van der Waals surface area contributed by atoms with E-state index >= 15 is 0 Å². The van der Waals surface area contributed by atoms with Gasteiger partial charge in [0, 0.05) is 24.4 Å². The Balaban J connectivity index is 1.37. The number of phenolic OH excluding ortho intramolecular Hbond substituents is 1. The maximum absolute atomic E-state index is 14.2. The highest BCUT2D eigenvalue weighted by Crippen LogP contribution is 2.56. The number of hydrogen-bond acceptors (Lipinski definition) is 7. The van der Waals surface area contributed by atoms with Crippen molar-refractivity contribution in [3.63, 3.8) is 0 Å². The molecule has 0 saturated carbocycles. The maximum atomic E-state index is 14.2. The van der Waals surface area contributed by atoms with Crippen LogP contribution in [0.4, 0.5) is 0 Å². The summed E-state index contributed by atoms with van der Waals surface area (Å²) in [6.45, 7) is 5.81. The van der Waals surface area contributed by atoms with E-state index in [1.54, 1.807) is 13.8 Å². The SMILES string of the molecule is COc1cc(O)c2c(c1C(=O)NCc1c(C)ccc3ccccc13)OC1=CC(O)=C(C(C)=NCc3ccccc3)C(=O)[C@]12C. The van der Waals surface area contributed by atoms with Crippen LogP contribution in [-0.4, -0.2) is 34.7 Å². The first-order valence-electron chi connectivity index (χ1n) is 14.3. The molecule has 8 nitrogen and oxygen atoms in total. The van der Waals surface area contributed by atoms with E-state index in [2.05, 4.69) is 10.3 Å². The number of nitrogens with zero attached hydrogens (tertiary/aromatic N) is 1. The lowest BCUT2D eigenvalue weighted by Crippen LogP contribution is -2.38.